The van der Waals surface area contributed by atoms with Crippen LogP contribution in [-0.4, -0.2) is 11.2 Å². The number of halogens is 1. The molecule has 2 nitrogen and oxygen atoms in total. The molecule has 0 aliphatic heterocycles. The van der Waals surface area contributed by atoms with Crippen molar-refractivity contribution >= 4 is 34.6 Å². The van der Waals surface area contributed by atoms with Crippen molar-refractivity contribution in [3.05, 3.63) is 28.3 Å². The van der Waals surface area contributed by atoms with Crippen LogP contribution in [0.3, 0.4) is 0 Å². The van der Waals surface area contributed by atoms with E-state index in [-0.39, 0.29) is 0 Å². The molecule has 0 fully saturated rings. The Morgan fingerprint density at radius 3 is 2.44 bits per heavy atom. The molecular formula is C12H17ClN2S. The van der Waals surface area contributed by atoms with Crippen LogP contribution in [0, 0.1) is 13.8 Å². The zero-order chi connectivity index (χ0) is 12.3. The van der Waals surface area contributed by atoms with Crippen LogP contribution in [-0.2, 0) is 0 Å². The molecule has 0 saturated carbocycles. The standard InChI is InChI=1S/C12H17ClN2S/c1-7(2)14-12(16)15-11-9(4)5-8(3)6-10(11)13/h5-7H,1-4H3,(H2,14,15,16). The summed E-state index contributed by atoms with van der Waals surface area (Å²) in [6.07, 6.45) is 0. The predicted molar refractivity (Wildman–Crippen MR) is 75.4 cm³/mol. The molecule has 1 aromatic rings. The van der Waals surface area contributed by atoms with E-state index >= 15 is 0 Å². The third kappa shape index (κ3) is 3.65. The smallest absolute Gasteiger partial charge is 0.171 e. The van der Waals surface area contributed by atoms with Gasteiger partial charge < -0.3 is 10.6 Å². The quantitative estimate of drug-likeness (QED) is 0.790. The largest absolute Gasteiger partial charge is 0.360 e. The normalized spacial score (nSPS) is 10.4. The highest BCUT2D eigenvalue weighted by atomic mass is 35.5. The van der Waals surface area contributed by atoms with E-state index in [0.29, 0.717) is 16.2 Å². The van der Waals surface area contributed by atoms with E-state index < -0.39 is 0 Å². The second kappa shape index (κ2) is 5.51. The summed E-state index contributed by atoms with van der Waals surface area (Å²) >= 11 is 11.3. The Morgan fingerprint density at radius 1 is 1.31 bits per heavy atom. The van der Waals surface area contributed by atoms with Gasteiger partial charge in [0.1, 0.15) is 0 Å². The first-order valence-corrected chi connectivity index (χ1v) is 6.03. The second-order valence-electron chi connectivity index (χ2n) is 4.19. The molecule has 0 heterocycles. The van der Waals surface area contributed by atoms with Crippen LogP contribution in [0.2, 0.25) is 5.02 Å². The Bertz CT molecular complexity index is 379. The lowest BCUT2D eigenvalue weighted by Crippen LogP contribution is -2.34. The van der Waals surface area contributed by atoms with Gasteiger partial charge in [-0.2, -0.15) is 0 Å². The second-order valence-corrected chi connectivity index (χ2v) is 5.01. The highest BCUT2D eigenvalue weighted by Gasteiger charge is 2.07. The van der Waals surface area contributed by atoms with Gasteiger partial charge in [-0.25, -0.2) is 0 Å². The van der Waals surface area contributed by atoms with E-state index in [1.807, 2.05) is 33.8 Å². The van der Waals surface area contributed by atoms with Gasteiger partial charge in [0.2, 0.25) is 0 Å². The molecule has 0 aliphatic rings. The van der Waals surface area contributed by atoms with Crippen LogP contribution >= 0.6 is 23.8 Å². The number of anilines is 1. The lowest BCUT2D eigenvalue weighted by Gasteiger charge is -2.16. The summed E-state index contributed by atoms with van der Waals surface area (Å²) < 4.78 is 0. The molecule has 0 saturated heterocycles. The van der Waals surface area contributed by atoms with E-state index in [9.17, 15) is 0 Å². The molecule has 0 unspecified atom stereocenters. The van der Waals surface area contributed by atoms with Crippen LogP contribution in [0.1, 0.15) is 25.0 Å². The third-order valence-electron chi connectivity index (χ3n) is 2.09. The van der Waals surface area contributed by atoms with Crippen molar-refractivity contribution in [2.45, 2.75) is 33.7 Å². The highest BCUT2D eigenvalue weighted by Crippen LogP contribution is 2.27. The van der Waals surface area contributed by atoms with Crippen LogP contribution < -0.4 is 10.6 Å². The minimum absolute atomic E-state index is 0.310. The molecule has 4 heteroatoms. The first-order valence-electron chi connectivity index (χ1n) is 5.24. The van der Waals surface area contributed by atoms with Crippen LogP contribution in [0.25, 0.3) is 0 Å². The summed E-state index contributed by atoms with van der Waals surface area (Å²) in [7, 11) is 0. The number of rotatable bonds is 2. The SMILES string of the molecule is Cc1cc(C)c(NC(=S)NC(C)C)c(Cl)c1. The van der Waals surface area contributed by atoms with E-state index in [1.54, 1.807) is 0 Å². The fourth-order valence-corrected chi connectivity index (χ4v) is 2.19. The number of hydrogen-bond acceptors (Lipinski definition) is 1. The molecule has 0 amide bonds. The minimum atomic E-state index is 0.310. The highest BCUT2D eigenvalue weighted by molar-refractivity contribution is 7.80. The van der Waals surface area contributed by atoms with Gasteiger partial charge in [0.05, 0.1) is 10.7 Å². The topological polar surface area (TPSA) is 24.1 Å². The average molecular weight is 257 g/mol. The van der Waals surface area contributed by atoms with Crippen LogP contribution in [0.4, 0.5) is 5.69 Å². The lowest BCUT2D eigenvalue weighted by atomic mass is 10.1. The molecule has 0 radical (unpaired) electrons. The molecule has 0 atom stereocenters. The van der Waals surface area contributed by atoms with Gasteiger partial charge in [0.25, 0.3) is 0 Å². The zero-order valence-corrected chi connectivity index (χ0v) is 11.6. The van der Waals surface area contributed by atoms with Gasteiger partial charge in [0, 0.05) is 6.04 Å². The lowest BCUT2D eigenvalue weighted by molar-refractivity contribution is 0.739. The van der Waals surface area contributed by atoms with Crippen molar-refractivity contribution in [1.29, 1.82) is 0 Å². The number of thiocarbonyl (C=S) groups is 1. The number of nitrogens with one attached hydrogen (secondary N) is 2. The molecule has 2 N–H and O–H groups in total. The van der Waals surface area contributed by atoms with Gasteiger partial charge in [-0.3, -0.25) is 0 Å². The zero-order valence-electron chi connectivity index (χ0n) is 10.0. The summed E-state index contributed by atoms with van der Waals surface area (Å²) in [5.41, 5.74) is 3.12. The summed E-state index contributed by atoms with van der Waals surface area (Å²) in [4.78, 5) is 0. The maximum atomic E-state index is 6.17. The molecule has 0 aliphatic carbocycles. The van der Waals surface area contributed by atoms with Gasteiger partial charge in [-0.05, 0) is 57.1 Å². The van der Waals surface area contributed by atoms with E-state index in [4.69, 9.17) is 23.8 Å². The number of benzene rings is 1. The number of aryl methyl sites for hydroxylation is 2. The van der Waals surface area contributed by atoms with Crippen molar-refractivity contribution in [3.8, 4) is 0 Å². The van der Waals surface area contributed by atoms with Crippen LogP contribution in [0.5, 0.6) is 0 Å². The van der Waals surface area contributed by atoms with E-state index in [0.717, 1.165) is 16.8 Å². The Labute approximate surface area is 107 Å². The molecule has 16 heavy (non-hydrogen) atoms. The van der Waals surface area contributed by atoms with Crippen molar-refractivity contribution in [2.24, 2.45) is 0 Å². The van der Waals surface area contributed by atoms with Crippen LogP contribution in [0.15, 0.2) is 12.1 Å². The first-order chi connectivity index (χ1) is 7.40. The molecule has 0 aromatic heterocycles. The molecule has 1 rings (SSSR count). The summed E-state index contributed by atoms with van der Waals surface area (Å²) in [6.45, 7) is 8.11. The Kier molecular flexibility index (Phi) is 4.56. The minimum Gasteiger partial charge on any atom is -0.360 e. The summed E-state index contributed by atoms with van der Waals surface area (Å²) in [5.74, 6) is 0. The maximum Gasteiger partial charge on any atom is 0.171 e. The van der Waals surface area contributed by atoms with Gasteiger partial charge in [0.15, 0.2) is 5.11 Å². The summed E-state index contributed by atoms with van der Waals surface area (Å²) in [5, 5.41) is 7.55. The Balaban J connectivity index is 2.85. The van der Waals surface area contributed by atoms with Gasteiger partial charge in [-0.1, -0.05) is 17.7 Å². The Morgan fingerprint density at radius 2 is 1.94 bits per heavy atom. The van der Waals surface area contributed by atoms with Crippen molar-refractivity contribution in [1.82, 2.24) is 5.32 Å². The van der Waals surface area contributed by atoms with Crippen molar-refractivity contribution < 1.29 is 0 Å². The average Bonchev–Trinajstić information content (AvgIpc) is 2.09. The number of hydrogen-bond donors (Lipinski definition) is 2. The third-order valence-corrected chi connectivity index (χ3v) is 2.61. The van der Waals surface area contributed by atoms with Gasteiger partial charge >= 0.3 is 0 Å². The van der Waals surface area contributed by atoms with Crippen molar-refractivity contribution in [2.75, 3.05) is 5.32 Å². The van der Waals surface area contributed by atoms with E-state index in [2.05, 4.69) is 16.7 Å². The molecule has 88 valence electrons. The maximum absolute atomic E-state index is 6.17. The molecule has 0 spiro atoms. The fraction of sp³-hybridized carbons (Fsp3) is 0.417. The van der Waals surface area contributed by atoms with Gasteiger partial charge in [-0.15, -0.1) is 0 Å². The Hall–Kier alpha value is -0.800. The fourth-order valence-electron chi connectivity index (χ4n) is 1.49. The van der Waals surface area contributed by atoms with E-state index in [1.165, 1.54) is 0 Å². The predicted octanol–water partition coefficient (Wildman–Crippen LogP) is 3.65. The van der Waals surface area contributed by atoms with Crippen molar-refractivity contribution in [3.63, 3.8) is 0 Å². The molecule has 1 aromatic carbocycles. The monoisotopic (exact) mass is 256 g/mol. The molecule has 0 bridgehead atoms. The summed E-state index contributed by atoms with van der Waals surface area (Å²) in [6, 6.07) is 4.31. The molecular weight excluding hydrogens is 240 g/mol. The first kappa shape index (κ1) is 13.3.